The van der Waals surface area contributed by atoms with Gasteiger partial charge in [0.05, 0.1) is 11.5 Å². The fourth-order valence-corrected chi connectivity index (χ4v) is 1.91. The van der Waals surface area contributed by atoms with Crippen LogP contribution in [0.15, 0.2) is 48.5 Å². The number of nitrogens with one attached hydrogen (secondary N) is 1. The van der Waals surface area contributed by atoms with E-state index in [2.05, 4.69) is 5.32 Å². The molecule has 1 amide bonds. The third kappa shape index (κ3) is 3.45. The second-order valence-corrected chi connectivity index (χ2v) is 4.62. The third-order valence-corrected chi connectivity index (χ3v) is 3.16. The van der Waals surface area contributed by atoms with Crippen LogP contribution in [0.3, 0.4) is 0 Å². The van der Waals surface area contributed by atoms with Crippen molar-refractivity contribution in [2.45, 2.75) is 12.8 Å². The molecule has 0 bridgehead atoms. The monoisotopic (exact) mass is 287 g/mol. The molecule has 2 N–H and O–H groups in total. The van der Waals surface area contributed by atoms with Gasteiger partial charge in [0.15, 0.2) is 0 Å². The number of anilines is 1. The van der Waals surface area contributed by atoms with Gasteiger partial charge in [-0.25, -0.2) is 9.18 Å². The molecular formula is C16H14FNO3. The van der Waals surface area contributed by atoms with E-state index in [9.17, 15) is 14.0 Å². The fourth-order valence-electron chi connectivity index (χ4n) is 1.91. The predicted molar refractivity (Wildman–Crippen MR) is 76.8 cm³/mol. The molecule has 0 saturated heterocycles. The van der Waals surface area contributed by atoms with Crippen molar-refractivity contribution in [1.82, 2.24) is 0 Å². The van der Waals surface area contributed by atoms with Gasteiger partial charge in [0.2, 0.25) is 5.91 Å². The Morgan fingerprint density at radius 3 is 2.43 bits per heavy atom. The van der Waals surface area contributed by atoms with Crippen LogP contribution in [-0.2, 0) is 4.79 Å². The van der Waals surface area contributed by atoms with Gasteiger partial charge in [-0.15, -0.1) is 0 Å². The largest absolute Gasteiger partial charge is 0.478 e. The first kappa shape index (κ1) is 14.7. The van der Waals surface area contributed by atoms with Gasteiger partial charge < -0.3 is 10.4 Å². The van der Waals surface area contributed by atoms with Crippen molar-refractivity contribution < 1.29 is 19.1 Å². The maximum absolute atomic E-state index is 13.3. The Bertz CT molecular complexity index is 670. The number of carbonyl (C=O) groups excluding carboxylic acids is 1. The number of benzene rings is 2. The van der Waals surface area contributed by atoms with Crippen LogP contribution < -0.4 is 5.32 Å². The number of carbonyl (C=O) groups is 2. The van der Waals surface area contributed by atoms with Crippen LogP contribution in [0.2, 0.25) is 0 Å². The summed E-state index contributed by atoms with van der Waals surface area (Å²) in [5.74, 6) is -2.90. The maximum Gasteiger partial charge on any atom is 0.338 e. The summed E-state index contributed by atoms with van der Waals surface area (Å²) in [6.45, 7) is 1.74. The molecule has 4 nitrogen and oxygen atoms in total. The van der Waals surface area contributed by atoms with Gasteiger partial charge in [-0.2, -0.15) is 0 Å². The molecule has 1 unspecified atom stereocenters. The van der Waals surface area contributed by atoms with Crippen molar-refractivity contribution in [1.29, 1.82) is 0 Å². The number of aromatic carboxylic acids is 1. The molecule has 0 spiro atoms. The van der Waals surface area contributed by atoms with Crippen LogP contribution in [-0.4, -0.2) is 17.0 Å². The Balaban J connectivity index is 2.16. The summed E-state index contributed by atoms with van der Waals surface area (Å²) < 4.78 is 13.3. The Kier molecular flexibility index (Phi) is 4.33. The van der Waals surface area contributed by atoms with E-state index in [1.807, 2.05) is 30.3 Å². The molecule has 0 radical (unpaired) electrons. The molecule has 2 aromatic rings. The smallest absolute Gasteiger partial charge is 0.338 e. The fraction of sp³-hybridized carbons (Fsp3) is 0.125. The first-order valence-electron chi connectivity index (χ1n) is 6.37. The van der Waals surface area contributed by atoms with E-state index in [-0.39, 0.29) is 11.6 Å². The molecule has 0 aliphatic heterocycles. The molecule has 21 heavy (non-hydrogen) atoms. The lowest BCUT2D eigenvalue weighted by Gasteiger charge is -2.13. The lowest BCUT2D eigenvalue weighted by atomic mass is 10.0. The minimum Gasteiger partial charge on any atom is -0.478 e. The normalized spacial score (nSPS) is 11.7. The van der Waals surface area contributed by atoms with Crippen LogP contribution in [0.1, 0.15) is 28.8 Å². The number of hydrogen-bond donors (Lipinski definition) is 2. The topological polar surface area (TPSA) is 66.4 Å². The van der Waals surface area contributed by atoms with E-state index in [1.54, 1.807) is 6.92 Å². The van der Waals surface area contributed by atoms with Gasteiger partial charge >= 0.3 is 5.97 Å². The highest BCUT2D eigenvalue weighted by atomic mass is 19.1. The van der Waals surface area contributed by atoms with Crippen LogP contribution in [0.4, 0.5) is 10.1 Å². The van der Waals surface area contributed by atoms with Crippen molar-refractivity contribution in [2.24, 2.45) is 0 Å². The van der Waals surface area contributed by atoms with E-state index >= 15 is 0 Å². The molecule has 2 aromatic carbocycles. The third-order valence-electron chi connectivity index (χ3n) is 3.16. The van der Waals surface area contributed by atoms with Crippen LogP contribution in [0.5, 0.6) is 0 Å². The van der Waals surface area contributed by atoms with Crippen molar-refractivity contribution in [2.75, 3.05) is 5.32 Å². The molecule has 0 heterocycles. The zero-order valence-electron chi connectivity index (χ0n) is 11.3. The lowest BCUT2D eigenvalue weighted by Crippen LogP contribution is -2.19. The molecule has 2 rings (SSSR count). The summed E-state index contributed by atoms with van der Waals surface area (Å²) >= 11 is 0. The second kappa shape index (κ2) is 6.17. The highest BCUT2D eigenvalue weighted by Crippen LogP contribution is 2.19. The van der Waals surface area contributed by atoms with Gasteiger partial charge in [0, 0.05) is 5.69 Å². The van der Waals surface area contributed by atoms with E-state index in [0.717, 1.165) is 17.7 Å². The number of hydrogen-bond acceptors (Lipinski definition) is 2. The maximum atomic E-state index is 13.3. The summed E-state index contributed by atoms with van der Waals surface area (Å²) in [7, 11) is 0. The summed E-state index contributed by atoms with van der Waals surface area (Å²) in [6.07, 6.45) is 0. The Morgan fingerprint density at radius 2 is 1.81 bits per heavy atom. The van der Waals surface area contributed by atoms with Gasteiger partial charge in [0.1, 0.15) is 5.82 Å². The number of rotatable bonds is 4. The van der Waals surface area contributed by atoms with Crippen LogP contribution >= 0.6 is 0 Å². The molecule has 5 heteroatoms. The average Bonchev–Trinajstić information content (AvgIpc) is 2.49. The quantitative estimate of drug-likeness (QED) is 0.907. The van der Waals surface area contributed by atoms with Gasteiger partial charge in [-0.3, -0.25) is 4.79 Å². The van der Waals surface area contributed by atoms with Crippen molar-refractivity contribution in [3.8, 4) is 0 Å². The summed E-state index contributed by atoms with van der Waals surface area (Å²) in [5, 5.41) is 11.5. The SMILES string of the molecule is CC(C(=O)Nc1ccc(F)c(C(=O)O)c1)c1ccccc1. The molecule has 0 saturated carbocycles. The predicted octanol–water partition coefficient (Wildman–Crippen LogP) is 3.27. The summed E-state index contributed by atoms with van der Waals surface area (Å²) in [4.78, 5) is 23.0. The van der Waals surface area contributed by atoms with E-state index < -0.39 is 23.3 Å². The zero-order chi connectivity index (χ0) is 15.4. The van der Waals surface area contributed by atoms with E-state index in [4.69, 9.17) is 5.11 Å². The highest BCUT2D eigenvalue weighted by molar-refractivity contribution is 5.97. The van der Waals surface area contributed by atoms with Crippen LogP contribution in [0.25, 0.3) is 0 Å². The van der Waals surface area contributed by atoms with Crippen molar-refractivity contribution in [3.63, 3.8) is 0 Å². The molecule has 1 atom stereocenters. The molecule has 0 fully saturated rings. The molecular weight excluding hydrogens is 273 g/mol. The Labute approximate surface area is 121 Å². The Hall–Kier alpha value is -2.69. The number of amides is 1. The van der Waals surface area contributed by atoms with E-state index in [1.165, 1.54) is 6.07 Å². The second-order valence-electron chi connectivity index (χ2n) is 4.62. The standard InChI is InChI=1S/C16H14FNO3/c1-10(11-5-3-2-4-6-11)15(19)18-12-7-8-14(17)13(9-12)16(20)21/h2-10H,1H3,(H,18,19)(H,20,21). The van der Waals surface area contributed by atoms with Crippen molar-refractivity contribution in [3.05, 3.63) is 65.5 Å². The summed E-state index contributed by atoms with van der Waals surface area (Å²) in [6, 6.07) is 12.6. The molecule has 0 aliphatic rings. The number of carboxylic acid groups (broad SMARTS) is 1. The zero-order valence-corrected chi connectivity index (χ0v) is 11.3. The highest BCUT2D eigenvalue weighted by Gasteiger charge is 2.17. The summed E-state index contributed by atoms with van der Waals surface area (Å²) in [5.41, 5.74) is 0.623. The first-order valence-corrected chi connectivity index (χ1v) is 6.37. The molecule has 0 aliphatic carbocycles. The average molecular weight is 287 g/mol. The minimum absolute atomic E-state index is 0.251. The molecule has 108 valence electrons. The van der Waals surface area contributed by atoms with Gasteiger partial charge in [-0.1, -0.05) is 30.3 Å². The number of carboxylic acids is 1. The van der Waals surface area contributed by atoms with E-state index in [0.29, 0.717) is 0 Å². The molecule has 0 aromatic heterocycles. The Morgan fingerprint density at radius 1 is 1.14 bits per heavy atom. The van der Waals surface area contributed by atoms with Crippen LogP contribution in [0, 0.1) is 5.82 Å². The van der Waals surface area contributed by atoms with Gasteiger partial charge in [-0.05, 0) is 30.7 Å². The lowest BCUT2D eigenvalue weighted by molar-refractivity contribution is -0.117. The minimum atomic E-state index is -1.38. The first-order chi connectivity index (χ1) is 9.99. The van der Waals surface area contributed by atoms with Crippen molar-refractivity contribution >= 4 is 17.6 Å². The number of halogens is 1. The van der Waals surface area contributed by atoms with Gasteiger partial charge in [0.25, 0.3) is 0 Å².